The first-order chi connectivity index (χ1) is 16.0. The number of anilines is 1. The number of carbonyl (C=O) groups excluding carboxylic acids is 1. The number of fused-ring (bicyclic) bond motifs is 1. The van der Waals surface area contributed by atoms with E-state index < -0.39 is 0 Å². The topological polar surface area (TPSA) is 83.9 Å². The van der Waals surface area contributed by atoms with Gasteiger partial charge >= 0.3 is 0 Å². The molecule has 0 unspecified atom stereocenters. The maximum Gasteiger partial charge on any atom is 0.278 e. The summed E-state index contributed by atoms with van der Waals surface area (Å²) >= 11 is 8.00. The van der Waals surface area contributed by atoms with Gasteiger partial charge in [-0.2, -0.15) is 0 Å². The van der Waals surface area contributed by atoms with Gasteiger partial charge in [0.25, 0.3) is 5.91 Å². The van der Waals surface area contributed by atoms with E-state index in [-0.39, 0.29) is 11.9 Å². The van der Waals surface area contributed by atoms with Crippen molar-refractivity contribution >= 4 is 45.4 Å². The summed E-state index contributed by atoms with van der Waals surface area (Å²) in [5.41, 5.74) is 2.23. The van der Waals surface area contributed by atoms with Crippen LogP contribution < -0.4 is 10.2 Å². The molecule has 0 radical (unpaired) electrons. The second-order valence-electron chi connectivity index (χ2n) is 8.16. The highest BCUT2D eigenvalue weighted by Gasteiger charge is 2.31. The van der Waals surface area contributed by atoms with Gasteiger partial charge in [-0.25, -0.2) is 4.98 Å². The van der Waals surface area contributed by atoms with Gasteiger partial charge in [-0.3, -0.25) is 14.7 Å². The van der Waals surface area contributed by atoms with Gasteiger partial charge in [0.05, 0.1) is 6.04 Å². The normalized spacial score (nSPS) is 16.2. The zero-order valence-electron chi connectivity index (χ0n) is 18.4. The van der Waals surface area contributed by atoms with Crippen molar-refractivity contribution in [3.63, 3.8) is 0 Å². The Hall–Kier alpha value is -2.94. The van der Waals surface area contributed by atoms with Crippen LogP contribution >= 0.6 is 22.9 Å². The van der Waals surface area contributed by atoms with Crippen molar-refractivity contribution in [2.24, 2.45) is 0 Å². The first-order valence-electron chi connectivity index (χ1n) is 10.9. The van der Waals surface area contributed by atoms with E-state index in [4.69, 9.17) is 11.6 Å². The molecule has 1 atom stereocenters. The molecule has 33 heavy (non-hydrogen) atoms. The van der Waals surface area contributed by atoms with E-state index >= 15 is 0 Å². The molecule has 4 heterocycles. The summed E-state index contributed by atoms with van der Waals surface area (Å²) in [6.07, 6.45) is 5.28. The number of amides is 1. The monoisotopic (exact) mass is 478 g/mol. The molecule has 0 bridgehead atoms. The Labute approximate surface area is 200 Å². The molecular formula is C24H23ClN6OS. The Kier molecular flexibility index (Phi) is 6.05. The number of carbonyl (C=O) groups is 1. The molecule has 7 nitrogen and oxygen atoms in total. The lowest BCUT2D eigenvalue weighted by atomic mass is 10.0. The lowest BCUT2D eigenvalue weighted by Crippen LogP contribution is -2.49. The smallest absolute Gasteiger partial charge is 0.278 e. The Morgan fingerprint density at radius 1 is 1.15 bits per heavy atom. The van der Waals surface area contributed by atoms with Crippen molar-refractivity contribution in [3.8, 4) is 10.6 Å². The summed E-state index contributed by atoms with van der Waals surface area (Å²) in [5.74, 6) is 0.444. The minimum Gasteiger partial charge on any atom is -0.315 e. The van der Waals surface area contributed by atoms with Gasteiger partial charge in [0, 0.05) is 40.3 Å². The van der Waals surface area contributed by atoms with Gasteiger partial charge in [0.2, 0.25) is 0 Å². The molecule has 1 aromatic carbocycles. The van der Waals surface area contributed by atoms with Crippen LogP contribution in [0.25, 0.3) is 21.3 Å². The fraction of sp³-hybridized carbons (Fsp3) is 0.292. The lowest BCUT2D eigenvalue weighted by molar-refractivity contribution is 0.0967. The first kappa shape index (κ1) is 21.9. The van der Waals surface area contributed by atoms with Crippen molar-refractivity contribution < 1.29 is 4.79 Å². The molecule has 0 spiro atoms. The molecule has 9 heteroatoms. The second-order valence-corrected chi connectivity index (χ2v) is 9.74. The Morgan fingerprint density at radius 2 is 2.03 bits per heavy atom. The van der Waals surface area contributed by atoms with Gasteiger partial charge < -0.3 is 5.32 Å². The van der Waals surface area contributed by atoms with Gasteiger partial charge in [0.1, 0.15) is 21.5 Å². The molecule has 1 saturated heterocycles. The van der Waals surface area contributed by atoms with Crippen molar-refractivity contribution in [1.82, 2.24) is 25.5 Å². The van der Waals surface area contributed by atoms with E-state index in [1.165, 1.54) is 11.3 Å². The number of aromatic nitrogens is 4. The predicted molar refractivity (Wildman–Crippen MR) is 132 cm³/mol. The van der Waals surface area contributed by atoms with Crippen LogP contribution in [0.3, 0.4) is 0 Å². The third-order valence-corrected chi connectivity index (χ3v) is 7.12. The summed E-state index contributed by atoms with van der Waals surface area (Å²) in [6.45, 7) is 5.57. The van der Waals surface area contributed by atoms with Crippen LogP contribution in [0.5, 0.6) is 0 Å². The molecule has 1 aliphatic heterocycles. The highest BCUT2D eigenvalue weighted by Crippen LogP contribution is 2.35. The molecule has 0 saturated carbocycles. The minimum atomic E-state index is -0.178. The van der Waals surface area contributed by atoms with Crippen LogP contribution in [0.4, 0.5) is 5.82 Å². The number of hydrogen-bond acceptors (Lipinski definition) is 7. The van der Waals surface area contributed by atoms with Crippen LogP contribution in [0.1, 0.15) is 33.9 Å². The molecule has 4 aromatic rings. The summed E-state index contributed by atoms with van der Waals surface area (Å²) in [6, 6.07) is 9.34. The number of halogens is 1. The molecule has 1 amide bonds. The first-order valence-corrected chi connectivity index (χ1v) is 12.1. The Morgan fingerprint density at radius 3 is 2.73 bits per heavy atom. The third kappa shape index (κ3) is 4.21. The van der Waals surface area contributed by atoms with Gasteiger partial charge in [-0.05, 0) is 63.1 Å². The molecular weight excluding hydrogens is 456 g/mol. The maximum absolute atomic E-state index is 13.9. The summed E-state index contributed by atoms with van der Waals surface area (Å²) in [5, 5.41) is 15.7. The van der Waals surface area contributed by atoms with Gasteiger partial charge in [0.15, 0.2) is 0 Å². The maximum atomic E-state index is 13.9. The lowest BCUT2D eigenvalue weighted by Gasteiger charge is -2.34. The number of hydrogen-bond donors (Lipinski definition) is 1. The SMILES string of the molecule is Cc1nnc(-c2ccc(C(=O)N(c3nccc4c(Cl)ccc(C)c34)[C@@H]3CCCNC3)nc2)s1. The molecule has 3 aromatic heterocycles. The van der Waals surface area contributed by atoms with Crippen LogP contribution in [0.15, 0.2) is 42.7 Å². The molecule has 5 rings (SSSR count). The predicted octanol–water partition coefficient (Wildman–Crippen LogP) is 4.82. The molecule has 1 fully saturated rings. The average Bonchev–Trinajstić information content (AvgIpc) is 3.29. The zero-order valence-corrected chi connectivity index (χ0v) is 20.0. The molecule has 1 aliphatic rings. The van der Waals surface area contributed by atoms with E-state index in [9.17, 15) is 4.79 Å². The van der Waals surface area contributed by atoms with Crippen molar-refractivity contribution in [3.05, 3.63) is 64.0 Å². The van der Waals surface area contributed by atoms with Crippen molar-refractivity contribution in [2.45, 2.75) is 32.7 Å². The Balaban J connectivity index is 1.59. The van der Waals surface area contributed by atoms with E-state index in [1.807, 2.05) is 38.1 Å². The van der Waals surface area contributed by atoms with Crippen LogP contribution in [-0.4, -0.2) is 45.2 Å². The van der Waals surface area contributed by atoms with Crippen molar-refractivity contribution in [2.75, 3.05) is 18.0 Å². The average molecular weight is 479 g/mol. The van der Waals surface area contributed by atoms with E-state index in [0.717, 1.165) is 51.3 Å². The van der Waals surface area contributed by atoms with Crippen LogP contribution in [-0.2, 0) is 0 Å². The third-order valence-electron chi connectivity index (χ3n) is 5.90. The molecule has 1 N–H and O–H groups in total. The van der Waals surface area contributed by atoms with Crippen LogP contribution in [0.2, 0.25) is 5.02 Å². The zero-order chi connectivity index (χ0) is 22.9. The second kappa shape index (κ2) is 9.13. The highest BCUT2D eigenvalue weighted by molar-refractivity contribution is 7.14. The van der Waals surface area contributed by atoms with Crippen LogP contribution in [0, 0.1) is 13.8 Å². The molecule has 0 aliphatic carbocycles. The number of piperidine rings is 1. The number of pyridine rings is 2. The summed E-state index contributed by atoms with van der Waals surface area (Å²) in [4.78, 5) is 24.8. The van der Waals surface area contributed by atoms with E-state index in [0.29, 0.717) is 23.1 Å². The van der Waals surface area contributed by atoms with Gasteiger partial charge in [-0.1, -0.05) is 29.0 Å². The highest BCUT2D eigenvalue weighted by atomic mass is 35.5. The van der Waals surface area contributed by atoms with Gasteiger partial charge in [-0.15, -0.1) is 10.2 Å². The minimum absolute atomic E-state index is 0.0324. The number of aryl methyl sites for hydroxylation is 2. The fourth-order valence-electron chi connectivity index (χ4n) is 4.26. The number of benzene rings is 1. The summed E-state index contributed by atoms with van der Waals surface area (Å²) < 4.78 is 0. The largest absolute Gasteiger partial charge is 0.315 e. The Bertz CT molecular complexity index is 1320. The van der Waals surface area contributed by atoms with E-state index in [2.05, 4.69) is 25.5 Å². The number of nitrogens with zero attached hydrogens (tertiary/aromatic N) is 5. The number of rotatable bonds is 4. The van der Waals surface area contributed by atoms with Crippen molar-refractivity contribution in [1.29, 1.82) is 0 Å². The number of nitrogens with one attached hydrogen (secondary N) is 1. The fourth-order valence-corrected chi connectivity index (χ4v) is 5.17. The summed E-state index contributed by atoms with van der Waals surface area (Å²) in [7, 11) is 0. The quantitative estimate of drug-likeness (QED) is 0.453. The standard InChI is InChI=1S/C24H23ClN6OS/c1-14-5-7-19(25)18-9-11-27-22(21(14)18)31(17-4-3-10-26-13-17)24(32)20-8-6-16(12-28-20)23-30-29-15(2)33-23/h5-9,11-12,17,26H,3-4,10,13H2,1-2H3/t17-/m1/s1. The molecule has 168 valence electrons. The van der Waals surface area contributed by atoms with E-state index in [1.54, 1.807) is 23.4 Å².